The Bertz CT molecular complexity index is 839. The van der Waals surface area contributed by atoms with Crippen molar-refractivity contribution in [3.63, 3.8) is 0 Å². The van der Waals surface area contributed by atoms with Gasteiger partial charge >= 0.3 is 0 Å². The fraction of sp³-hybridized carbons (Fsp3) is 0.364. The first kappa shape index (κ1) is 20.3. The highest BCUT2D eigenvalue weighted by Crippen LogP contribution is 2.23. The Morgan fingerprint density at radius 3 is 2.32 bits per heavy atom. The molecule has 1 N–H and O–H groups in total. The summed E-state index contributed by atoms with van der Waals surface area (Å²) in [6.07, 6.45) is 1.24. The van der Waals surface area contributed by atoms with Gasteiger partial charge in [-0.1, -0.05) is 43.6 Å². The van der Waals surface area contributed by atoms with E-state index in [-0.39, 0.29) is 22.5 Å². The van der Waals surface area contributed by atoms with Gasteiger partial charge in [-0.3, -0.25) is 9.59 Å². The lowest BCUT2D eigenvalue weighted by atomic mass is 10.0. The van der Waals surface area contributed by atoms with Crippen LogP contribution in [0, 0.1) is 5.82 Å². The number of hydrogen-bond acceptors (Lipinski definition) is 2. The maximum Gasteiger partial charge on any atom is 0.258 e. The number of carbonyl (C=O) groups excluding carboxylic acids is 2. The molecule has 28 heavy (non-hydrogen) atoms. The highest BCUT2D eigenvalue weighted by Gasteiger charge is 2.27. The topological polar surface area (TPSA) is 49.4 Å². The zero-order valence-corrected chi connectivity index (χ0v) is 16.8. The largest absolute Gasteiger partial charge is 0.349 e. The van der Waals surface area contributed by atoms with Crippen LogP contribution >= 0.6 is 11.6 Å². The molecule has 0 aromatic heterocycles. The molecular weight excluding hydrogens is 379 g/mol. The average Bonchev–Trinajstić information content (AvgIpc) is 2.68. The summed E-state index contributed by atoms with van der Waals surface area (Å²) in [4.78, 5) is 26.6. The molecule has 0 bridgehead atoms. The van der Waals surface area contributed by atoms with E-state index in [1.54, 1.807) is 4.90 Å². The molecule has 0 spiro atoms. The molecule has 0 atom stereocenters. The van der Waals surface area contributed by atoms with Gasteiger partial charge in [-0.15, -0.1) is 0 Å². The lowest BCUT2D eigenvalue weighted by Gasteiger charge is -2.32. The van der Waals surface area contributed by atoms with Crippen LogP contribution in [0.1, 0.15) is 58.9 Å². The first-order valence-corrected chi connectivity index (χ1v) is 9.88. The molecule has 2 amide bonds. The van der Waals surface area contributed by atoms with Crippen LogP contribution in [-0.2, 0) is 0 Å². The summed E-state index contributed by atoms with van der Waals surface area (Å²) in [5.41, 5.74) is 1.73. The number of rotatable bonds is 4. The molecular formula is C22H24ClFN2O2. The predicted octanol–water partition coefficient (Wildman–Crippen LogP) is 4.64. The Morgan fingerprint density at radius 2 is 1.75 bits per heavy atom. The Morgan fingerprint density at radius 1 is 1.11 bits per heavy atom. The minimum Gasteiger partial charge on any atom is -0.349 e. The highest BCUT2D eigenvalue weighted by atomic mass is 35.5. The van der Waals surface area contributed by atoms with E-state index in [0.29, 0.717) is 37.4 Å². The minimum atomic E-state index is -0.613. The number of hydrogen-bond donors (Lipinski definition) is 1. The van der Waals surface area contributed by atoms with Gasteiger partial charge in [0.1, 0.15) is 5.82 Å². The Kier molecular flexibility index (Phi) is 6.35. The third-order valence-electron chi connectivity index (χ3n) is 5.13. The molecule has 148 valence electrons. The van der Waals surface area contributed by atoms with Gasteiger partial charge in [-0.2, -0.15) is 0 Å². The van der Waals surface area contributed by atoms with Gasteiger partial charge < -0.3 is 10.2 Å². The van der Waals surface area contributed by atoms with Gasteiger partial charge in [0.05, 0.1) is 10.6 Å². The summed E-state index contributed by atoms with van der Waals surface area (Å²) < 4.78 is 14.0. The van der Waals surface area contributed by atoms with Gasteiger partial charge in [0.2, 0.25) is 0 Å². The number of likely N-dealkylation sites (tertiary alicyclic amines) is 1. The molecule has 2 aromatic rings. The molecule has 1 saturated heterocycles. The van der Waals surface area contributed by atoms with Crippen molar-refractivity contribution in [1.82, 2.24) is 10.2 Å². The number of benzene rings is 2. The van der Waals surface area contributed by atoms with Crippen LogP contribution in [0.5, 0.6) is 0 Å². The molecule has 1 fully saturated rings. The van der Waals surface area contributed by atoms with Crippen LogP contribution in [0.2, 0.25) is 5.02 Å². The van der Waals surface area contributed by atoms with Crippen LogP contribution in [0.15, 0.2) is 42.5 Å². The Hall–Kier alpha value is -2.40. The predicted molar refractivity (Wildman–Crippen MR) is 108 cm³/mol. The number of nitrogens with one attached hydrogen (secondary N) is 1. The number of nitrogens with zero attached hydrogens (tertiary/aromatic N) is 1. The van der Waals surface area contributed by atoms with E-state index >= 15 is 0 Å². The fourth-order valence-electron chi connectivity index (χ4n) is 3.38. The van der Waals surface area contributed by atoms with Crippen LogP contribution in [0.3, 0.4) is 0 Å². The zero-order valence-electron chi connectivity index (χ0n) is 16.0. The summed E-state index contributed by atoms with van der Waals surface area (Å²) >= 11 is 5.99. The van der Waals surface area contributed by atoms with Crippen LogP contribution in [0.4, 0.5) is 4.39 Å². The molecule has 0 saturated carbocycles. The van der Waals surface area contributed by atoms with Crippen molar-refractivity contribution in [2.24, 2.45) is 0 Å². The summed E-state index contributed by atoms with van der Waals surface area (Å²) in [6, 6.07) is 11.8. The van der Waals surface area contributed by atoms with Gasteiger partial charge in [0.15, 0.2) is 0 Å². The smallest absolute Gasteiger partial charge is 0.258 e. The van der Waals surface area contributed by atoms with E-state index in [9.17, 15) is 14.0 Å². The van der Waals surface area contributed by atoms with Crippen LogP contribution in [-0.4, -0.2) is 35.8 Å². The maximum absolute atomic E-state index is 14.0. The monoisotopic (exact) mass is 402 g/mol. The molecule has 2 aromatic carbocycles. The van der Waals surface area contributed by atoms with Gasteiger partial charge in [0, 0.05) is 24.7 Å². The molecule has 1 heterocycles. The lowest BCUT2D eigenvalue weighted by molar-refractivity contribution is 0.0694. The molecule has 1 aliphatic heterocycles. The van der Waals surface area contributed by atoms with Crippen molar-refractivity contribution in [3.05, 3.63) is 70.0 Å². The van der Waals surface area contributed by atoms with Gasteiger partial charge in [-0.05, 0) is 48.6 Å². The molecule has 6 heteroatoms. The van der Waals surface area contributed by atoms with E-state index in [2.05, 4.69) is 19.2 Å². The summed E-state index contributed by atoms with van der Waals surface area (Å²) in [5.74, 6) is -0.714. The van der Waals surface area contributed by atoms with Crippen molar-refractivity contribution < 1.29 is 14.0 Å². The standard InChI is InChI=1S/C22H24ClFN2O2/c1-14(2)15-6-8-16(9-7-15)21(27)25-17-10-12-26(13-11-17)22(28)20-18(23)4-3-5-19(20)24/h3-9,14,17H,10-13H2,1-2H3,(H,25,27). The first-order chi connectivity index (χ1) is 13.4. The van der Waals surface area contributed by atoms with Crippen molar-refractivity contribution in [3.8, 4) is 0 Å². The van der Waals surface area contributed by atoms with Crippen molar-refractivity contribution >= 4 is 23.4 Å². The Labute approximate surface area is 169 Å². The van der Waals surface area contributed by atoms with E-state index in [4.69, 9.17) is 11.6 Å². The molecule has 0 aliphatic carbocycles. The van der Waals surface area contributed by atoms with E-state index in [1.165, 1.54) is 23.8 Å². The summed E-state index contributed by atoms with van der Waals surface area (Å²) in [6.45, 7) is 5.11. The van der Waals surface area contributed by atoms with E-state index < -0.39 is 11.7 Å². The van der Waals surface area contributed by atoms with Crippen molar-refractivity contribution in [2.75, 3.05) is 13.1 Å². The number of amides is 2. The molecule has 0 unspecified atom stereocenters. The second-order valence-corrected chi connectivity index (χ2v) is 7.82. The minimum absolute atomic E-state index is 0.0163. The van der Waals surface area contributed by atoms with Crippen LogP contribution < -0.4 is 5.32 Å². The second-order valence-electron chi connectivity index (χ2n) is 7.41. The fourth-order valence-corrected chi connectivity index (χ4v) is 3.62. The van der Waals surface area contributed by atoms with Crippen molar-refractivity contribution in [2.45, 2.75) is 38.6 Å². The quantitative estimate of drug-likeness (QED) is 0.810. The van der Waals surface area contributed by atoms with Crippen LogP contribution in [0.25, 0.3) is 0 Å². The van der Waals surface area contributed by atoms with Gasteiger partial charge in [0.25, 0.3) is 11.8 Å². The zero-order chi connectivity index (χ0) is 20.3. The summed E-state index contributed by atoms with van der Waals surface area (Å²) in [5, 5.41) is 3.14. The number of halogens is 2. The van der Waals surface area contributed by atoms with Gasteiger partial charge in [-0.25, -0.2) is 4.39 Å². The Balaban J connectivity index is 1.56. The molecule has 0 radical (unpaired) electrons. The highest BCUT2D eigenvalue weighted by molar-refractivity contribution is 6.33. The average molecular weight is 403 g/mol. The second kappa shape index (κ2) is 8.74. The number of piperidine rings is 1. The maximum atomic E-state index is 14.0. The van der Waals surface area contributed by atoms with E-state index in [1.807, 2.05) is 24.3 Å². The first-order valence-electron chi connectivity index (χ1n) is 9.51. The third-order valence-corrected chi connectivity index (χ3v) is 5.45. The molecule has 3 rings (SSSR count). The van der Waals surface area contributed by atoms with E-state index in [0.717, 1.165) is 0 Å². The summed E-state index contributed by atoms with van der Waals surface area (Å²) in [7, 11) is 0. The third kappa shape index (κ3) is 4.53. The SMILES string of the molecule is CC(C)c1ccc(C(=O)NC2CCN(C(=O)c3c(F)cccc3Cl)CC2)cc1. The number of carbonyl (C=O) groups is 2. The normalized spacial score (nSPS) is 15.0. The molecule has 1 aliphatic rings. The lowest BCUT2D eigenvalue weighted by Crippen LogP contribution is -2.46. The van der Waals surface area contributed by atoms with Crippen molar-refractivity contribution in [1.29, 1.82) is 0 Å². The molecule has 4 nitrogen and oxygen atoms in total.